The molecular weight excluding hydrogens is 599 g/mol. The highest BCUT2D eigenvalue weighted by atomic mass is 32.1. The van der Waals surface area contributed by atoms with E-state index >= 15 is 0 Å². The van der Waals surface area contributed by atoms with Gasteiger partial charge in [0.15, 0.2) is 0 Å². The van der Waals surface area contributed by atoms with Crippen LogP contribution in [0.25, 0.3) is 85.9 Å². The molecule has 5 heteroatoms. The number of hydrogen-bond donors (Lipinski definition) is 0. The summed E-state index contributed by atoms with van der Waals surface area (Å²) < 4.78 is 9.05. The van der Waals surface area contributed by atoms with Gasteiger partial charge in [0.2, 0.25) is 0 Å². The maximum Gasteiger partial charge on any atom is 0.277 e. The van der Waals surface area contributed by atoms with Gasteiger partial charge in [-0.25, -0.2) is 0 Å². The van der Waals surface area contributed by atoms with E-state index in [2.05, 4.69) is 78.9 Å². The summed E-state index contributed by atoms with van der Waals surface area (Å²) in [5.74, 6) is 0. The lowest BCUT2D eigenvalue weighted by molar-refractivity contribution is -0.384. The fraction of sp³-hybridized carbons (Fsp3) is 0.0952. The van der Waals surface area contributed by atoms with Gasteiger partial charge < -0.3 is 4.42 Å². The molecule has 0 saturated carbocycles. The van der Waals surface area contributed by atoms with Crippen LogP contribution in [-0.2, 0) is 0 Å². The Hall–Kier alpha value is -5.52. The molecule has 0 radical (unpaired) electrons. The molecule has 0 spiro atoms. The Labute approximate surface area is 276 Å². The van der Waals surface area contributed by atoms with E-state index in [1.165, 1.54) is 31.3 Å². The molecule has 9 rings (SSSR count). The Bertz CT molecular complexity index is 2610. The van der Waals surface area contributed by atoms with Crippen LogP contribution in [0.3, 0.4) is 0 Å². The average Bonchev–Trinajstić information content (AvgIpc) is 3.69. The number of nitrogens with zero attached hydrogens (tertiary/aromatic N) is 1. The van der Waals surface area contributed by atoms with Crippen molar-refractivity contribution in [2.24, 2.45) is 0 Å². The van der Waals surface area contributed by atoms with Gasteiger partial charge in [-0.05, 0) is 75.1 Å². The Balaban J connectivity index is 0.000000848. The molecule has 47 heavy (non-hydrogen) atoms. The van der Waals surface area contributed by atoms with Crippen molar-refractivity contribution in [2.45, 2.75) is 27.7 Å². The van der Waals surface area contributed by atoms with Gasteiger partial charge in [0, 0.05) is 42.6 Å². The van der Waals surface area contributed by atoms with Gasteiger partial charge in [0.25, 0.3) is 5.69 Å². The molecule has 0 N–H and O–H groups in total. The van der Waals surface area contributed by atoms with Gasteiger partial charge in [-0.1, -0.05) is 107 Å². The smallest absolute Gasteiger partial charge is 0.277 e. The molecule has 9 aromatic rings. The zero-order chi connectivity index (χ0) is 32.7. The van der Waals surface area contributed by atoms with Crippen molar-refractivity contribution in [1.29, 1.82) is 0 Å². The van der Waals surface area contributed by atoms with Crippen molar-refractivity contribution in [3.63, 3.8) is 0 Å². The second-order valence-corrected chi connectivity index (χ2v) is 12.0. The van der Waals surface area contributed by atoms with Gasteiger partial charge in [0.1, 0.15) is 11.2 Å². The van der Waals surface area contributed by atoms with E-state index < -0.39 is 0 Å². The predicted octanol–water partition coefficient (Wildman–Crippen LogP) is 13.6. The molecule has 7 aromatic carbocycles. The van der Waals surface area contributed by atoms with Crippen LogP contribution in [0.2, 0.25) is 0 Å². The first kappa shape index (κ1) is 30.2. The standard InChI is InChI=1S/C38H21NO3S.2C2H6/c40-39(41)33-11-5-3-8-27(33)31-21-35-38(30-10-2-1-7-26(30)31)32-18-25-17-22(13-14-23(25)19-34(32)42-35)24-15-16-29-28-9-4-6-12-36(28)43-37(29)20-24;2*1-2/h1-21H;2*1-2H3. The number of furan rings is 1. The largest absolute Gasteiger partial charge is 0.456 e. The van der Waals surface area contributed by atoms with Crippen LogP contribution in [0.4, 0.5) is 5.69 Å². The number of fused-ring (bicyclic) bond motifs is 9. The molecule has 0 aliphatic carbocycles. The minimum Gasteiger partial charge on any atom is -0.456 e. The summed E-state index contributed by atoms with van der Waals surface area (Å²) in [6.07, 6.45) is 0. The lowest BCUT2D eigenvalue weighted by Crippen LogP contribution is -1.92. The molecule has 0 saturated heterocycles. The fourth-order valence-corrected chi connectivity index (χ4v) is 7.70. The first-order chi connectivity index (χ1) is 23.1. The fourth-order valence-electron chi connectivity index (χ4n) is 6.55. The summed E-state index contributed by atoms with van der Waals surface area (Å²) in [6.45, 7) is 8.00. The minimum atomic E-state index is -0.324. The second kappa shape index (κ2) is 12.3. The van der Waals surface area contributed by atoms with Crippen molar-refractivity contribution in [2.75, 3.05) is 0 Å². The topological polar surface area (TPSA) is 56.3 Å². The van der Waals surface area contributed by atoms with Crippen molar-refractivity contribution in [1.82, 2.24) is 0 Å². The lowest BCUT2D eigenvalue weighted by Gasteiger charge is -2.09. The van der Waals surface area contributed by atoms with E-state index in [4.69, 9.17) is 4.42 Å². The van der Waals surface area contributed by atoms with Gasteiger partial charge in [-0.2, -0.15) is 0 Å². The maximum absolute atomic E-state index is 11.9. The third kappa shape index (κ3) is 5.00. The number of nitro benzene ring substituents is 1. The van der Waals surface area contributed by atoms with Crippen LogP contribution in [0.15, 0.2) is 132 Å². The first-order valence-electron chi connectivity index (χ1n) is 16.1. The zero-order valence-corrected chi connectivity index (χ0v) is 27.5. The molecule has 2 heterocycles. The third-order valence-corrected chi connectivity index (χ3v) is 9.67. The van der Waals surface area contributed by atoms with Crippen LogP contribution in [0.1, 0.15) is 27.7 Å². The van der Waals surface area contributed by atoms with Gasteiger partial charge in [0.05, 0.1) is 10.5 Å². The van der Waals surface area contributed by atoms with Crippen LogP contribution < -0.4 is 0 Å². The van der Waals surface area contributed by atoms with Crippen molar-refractivity contribution in [3.8, 4) is 22.3 Å². The Morgan fingerprint density at radius 1 is 0.532 bits per heavy atom. The SMILES string of the molecule is CC.CC.O=[N+]([O-])c1ccccc1-c1cc2oc3cc4ccc(-c5ccc6c(c5)sc5ccccc56)cc4cc3c2c2ccccc12. The van der Waals surface area contributed by atoms with Crippen LogP contribution >= 0.6 is 11.3 Å². The predicted molar refractivity (Wildman–Crippen MR) is 202 cm³/mol. The summed E-state index contributed by atoms with van der Waals surface area (Å²) in [7, 11) is 0. The molecule has 230 valence electrons. The summed E-state index contributed by atoms with van der Waals surface area (Å²) in [5, 5.41) is 20.7. The maximum atomic E-state index is 11.9. The Morgan fingerprint density at radius 3 is 2.00 bits per heavy atom. The summed E-state index contributed by atoms with van der Waals surface area (Å²) in [4.78, 5) is 11.6. The highest BCUT2D eigenvalue weighted by molar-refractivity contribution is 7.25. The summed E-state index contributed by atoms with van der Waals surface area (Å²) in [5.41, 5.74) is 5.32. The molecule has 0 bridgehead atoms. The Kier molecular flexibility index (Phi) is 7.92. The molecule has 0 amide bonds. The Morgan fingerprint density at radius 2 is 1.19 bits per heavy atom. The van der Waals surface area contributed by atoms with E-state index in [1.54, 1.807) is 18.2 Å². The first-order valence-corrected chi connectivity index (χ1v) is 16.9. The van der Waals surface area contributed by atoms with E-state index in [9.17, 15) is 10.1 Å². The van der Waals surface area contributed by atoms with Gasteiger partial charge in [-0.15, -0.1) is 11.3 Å². The zero-order valence-electron chi connectivity index (χ0n) is 26.7. The van der Waals surface area contributed by atoms with E-state index in [1.807, 2.05) is 69.4 Å². The number of thiophene rings is 1. The van der Waals surface area contributed by atoms with E-state index in [-0.39, 0.29) is 10.6 Å². The number of nitro groups is 1. The quantitative estimate of drug-likeness (QED) is 0.144. The number of rotatable bonds is 3. The molecule has 0 aliphatic rings. The molecule has 0 atom stereocenters. The molecule has 0 unspecified atom stereocenters. The monoisotopic (exact) mass is 631 g/mol. The van der Waals surface area contributed by atoms with Crippen LogP contribution in [-0.4, -0.2) is 4.92 Å². The normalized spacial score (nSPS) is 11.1. The number of benzene rings is 7. The van der Waals surface area contributed by atoms with Crippen molar-refractivity contribution >= 4 is 80.7 Å². The lowest BCUT2D eigenvalue weighted by atomic mass is 9.93. The molecule has 0 fully saturated rings. The van der Waals surface area contributed by atoms with E-state index in [0.717, 1.165) is 43.5 Å². The molecule has 0 aliphatic heterocycles. The number of para-hydroxylation sites is 1. The minimum absolute atomic E-state index is 0.0789. The highest BCUT2D eigenvalue weighted by Crippen LogP contribution is 2.43. The molecular formula is C42H33NO3S. The van der Waals surface area contributed by atoms with E-state index in [0.29, 0.717) is 11.1 Å². The average molecular weight is 632 g/mol. The van der Waals surface area contributed by atoms with Crippen molar-refractivity contribution < 1.29 is 9.34 Å². The highest BCUT2D eigenvalue weighted by Gasteiger charge is 2.20. The second-order valence-electron chi connectivity index (χ2n) is 10.9. The van der Waals surface area contributed by atoms with Crippen LogP contribution in [0, 0.1) is 10.1 Å². The van der Waals surface area contributed by atoms with Gasteiger partial charge >= 0.3 is 0 Å². The number of hydrogen-bond acceptors (Lipinski definition) is 4. The van der Waals surface area contributed by atoms with Crippen LogP contribution in [0.5, 0.6) is 0 Å². The third-order valence-electron chi connectivity index (χ3n) is 8.54. The van der Waals surface area contributed by atoms with Crippen molar-refractivity contribution in [3.05, 3.63) is 138 Å². The molecule has 4 nitrogen and oxygen atoms in total. The van der Waals surface area contributed by atoms with Gasteiger partial charge in [-0.3, -0.25) is 10.1 Å². The molecule has 2 aromatic heterocycles. The summed E-state index contributed by atoms with van der Waals surface area (Å²) in [6, 6.07) is 43.2. The summed E-state index contributed by atoms with van der Waals surface area (Å²) >= 11 is 1.83.